The molecule has 1 amide bonds. The first-order valence-corrected chi connectivity index (χ1v) is 12.4. The van der Waals surface area contributed by atoms with Gasteiger partial charge in [0.05, 0.1) is 19.1 Å². The number of hydrogen-bond donors (Lipinski definition) is 1. The first-order chi connectivity index (χ1) is 16.7. The first kappa shape index (κ1) is 24.7. The van der Waals surface area contributed by atoms with Crippen molar-refractivity contribution in [1.29, 1.82) is 0 Å². The molecular formula is C25H32N2O6S. The lowest BCUT2D eigenvalue weighted by atomic mass is 10.1. The maximum atomic E-state index is 13.2. The number of para-hydroxylation sites is 1. The highest BCUT2D eigenvalue weighted by Gasteiger charge is 2.28. The van der Waals surface area contributed by atoms with Crippen molar-refractivity contribution in [2.24, 2.45) is 0 Å². The van der Waals surface area contributed by atoms with Crippen LogP contribution >= 0.6 is 11.9 Å². The standard InChI is InChI=1S/C25H32N2O6S/c1-29-20-11-12-21(30-2)24(23(20)25(28)26-33-22-10-6-7-17-31-22)34-27-15-13-19(14-16-27)32-18-8-4-3-5-9-18/h3-5,8-9,11-12,19,22H,6-7,10,13-17H2,1-2H3,(H,26,28). The van der Waals surface area contributed by atoms with Gasteiger partial charge in [-0.15, -0.1) is 0 Å². The highest BCUT2D eigenvalue weighted by Crippen LogP contribution is 2.40. The van der Waals surface area contributed by atoms with Gasteiger partial charge >= 0.3 is 0 Å². The Kier molecular flexibility index (Phi) is 8.92. The quantitative estimate of drug-likeness (QED) is 0.410. The molecule has 8 nitrogen and oxygen atoms in total. The molecule has 0 bridgehead atoms. The molecular weight excluding hydrogens is 456 g/mol. The molecule has 34 heavy (non-hydrogen) atoms. The third-order valence-electron chi connectivity index (χ3n) is 5.84. The molecule has 2 aromatic rings. The zero-order chi connectivity index (χ0) is 23.8. The fourth-order valence-electron chi connectivity index (χ4n) is 4.02. The number of carbonyl (C=O) groups excluding carboxylic acids is 1. The number of benzene rings is 2. The predicted octanol–water partition coefficient (Wildman–Crippen LogP) is 4.44. The summed E-state index contributed by atoms with van der Waals surface area (Å²) in [5.41, 5.74) is 2.94. The largest absolute Gasteiger partial charge is 0.496 e. The Morgan fingerprint density at radius 2 is 1.74 bits per heavy atom. The fraction of sp³-hybridized carbons (Fsp3) is 0.480. The molecule has 0 spiro atoms. The molecule has 9 heteroatoms. The van der Waals surface area contributed by atoms with Gasteiger partial charge in [-0.3, -0.25) is 4.79 Å². The van der Waals surface area contributed by atoms with Crippen LogP contribution in [0, 0.1) is 0 Å². The van der Waals surface area contributed by atoms with Gasteiger partial charge in [0, 0.05) is 26.1 Å². The molecule has 0 saturated carbocycles. The van der Waals surface area contributed by atoms with Crippen molar-refractivity contribution in [1.82, 2.24) is 9.79 Å². The summed E-state index contributed by atoms with van der Waals surface area (Å²) in [6.07, 6.45) is 4.26. The Hall–Kier alpha value is -2.46. The van der Waals surface area contributed by atoms with Crippen LogP contribution in [0.15, 0.2) is 47.4 Å². The normalized spacial score (nSPS) is 19.4. The van der Waals surface area contributed by atoms with E-state index in [1.54, 1.807) is 20.3 Å². The number of amides is 1. The molecule has 0 aromatic heterocycles. The summed E-state index contributed by atoms with van der Waals surface area (Å²) >= 11 is 1.50. The van der Waals surface area contributed by atoms with E-state index in [4.69, 9.17) is 23.8 Å². The summed E-state index contributed by atoms with van der Waals surface area (Å²) < 4.78 is 25.0. The van der Waals surface area contributed by atoms with E-state index in [0.717, 1.165) is 50.9 Å². The summed E-state index contributed by atoms with van der Waals surface area (Å²) in [6, 6.07) is 13.4. The summed E-state index contributed by atoms with van der Waals surface area (Å²) in [5, 5.41) is 0. The number of piperidine rings is 1. The lowest BCUT2D eigenvalue weighted by Gasteiger charge is -2.32. The minimum Gasteiger partial charge on any atom is -0.496 e. The van der Waals surface area contributed by atoms with Crippen LogP contribution in [-0.2, 0) is 9.57 Å². The number of nitrogens with one attached hydrogen (secondary N) is 1. The molecule has 2 aromatic carbocycles. The van der Waals surface area contributed by atoms with E-state index in [-0.39, 0.29) is 6.10 Å². The molecule has 1 atom stereocenters. The van der Waals surface area contributed by atoms with E-state index in [1.165, 1.54) is 11.9 Å². The van der Waals surface area contributed by atoms with Gasteiger partial charge in [-0.1, -0.05) is 18.2 Å². The summed E-state index contributed by atoms with van der Waals surface area (Å²) in [7, 11) is 3.14. The Labute approximate surface area is 204 Å². The number of hydrogen-bond acceptors (Lipinski definition) is 8. The summed E-state index contributed by atoms with van der Waals surface area (Å²) in [5.74, 6) is 1.56. The Balaban J connectivity index is 1.43. The van der Waals surface area contributed by atoms with Gasteiger partial charge < -0.3 is 18.9 Å². The molecule has 1 unspecified atom stereocenters. The molecule has 0 aliphatic carbocycles. The van der Waals surface area contributed by atoms with Crippen LogP contribution in [0.3, 0.4) is 0 Å². The highest BCUT2D eigenvalue weighted by atomic mass is 32.2. The minimum atomic E-state index is -0.436. The van der Waals surface area contributed by atoms with Crippen LogP contribution in [0.4, 0.5) is 0 Å². The van der Waals surface area contributed by atoms with Crippen molar-refractivity contribution in [2.75, 3.05) is 33.9 Å². The SMILES string of the molecule is COc1ccc(OC)c(C(=O)NOC2CCCCO2)c1SN1CCC(Oc2ccccc2)CC1. The third-order valence-corrected chi connectivity index (χ3v) is 7.05. The van der Waals surface area contributed by atoms with E-state index in [9.17, 15) is 4.79 Å². The maximum absolute atomic E-state index is 13.2. The van der Waals surface area contributed by atoms with E-state index >= 15 is 0 Å². The molecule has 4 rings (SSSR count). The van der Waals surface area contributed by atoms with Crippen LogP contribution in [0.1, 0.15) is 42.5 Å². The second kappa shape index (κ2) is 12.3. The minimum absolute atomic E-state index is 0.165. The lowest BCUT2D eigenvalue weighted by molar-refractivity contribution is -0.186. The van der Waals surface area contributed by atoms with Crippen molar-refractivity contribution in [3.8, 4) is 17.2 Å². The Morgan fingerprint density at radius 3 is 2.41 bits per heavy atom. The smallest absolute Gasteiger partial charge is 0.280 e. The number of rotatable bonds is 9. The lowest BCUT2D eigenvalue weighted by Crippen LogP contribution is -2.35. The zero-order valence-electron chi connectivity index (χ0n) is 19.7. The van der Waals surface area contributed by atoms with Gasteiger partial charge in [0.2, 0.25) is 0 Å². The Morgan fingerprint density at radius 1 is 1.00 bits per heavy atom. The van der Waals surface area contributed by atoms with Crippen molar-refractivity contribution in [3.63, 3.8) is 0 Å². The summed E-state index contributed by atoms with van der Waals surface area (Å²) in [4.78, 5) is 19.4. The Bertz CT molecular complexity index is 931. The van der Waals surface area contributed by atoms with Gasteiger partial charge in [-0.2, -0.15) is 0 Å². The van der Waals surface area contributed by atoms with Crippen molar-refractivity contribution in [2.45, 2.75) is 49.4 Å². The molecule has 184 valence electrons. The monoisotopic (exact) mass is 488 g/mol. The van der Waals surface area contributed by atoms with E-state index in [2.05, 4.69) is 9.79 Å². The van der Waals surface area contributed by atoms with Crippen LogP contribution in [0.25, 0.3) is 0 Å². The van der Waals surface area contributed by atoms with Crippen LogP contribution < -0.4 is 19.7 Å². The molecule has 2 aliphatic heterocycles. The number of ether oxygens (including phenoxy) is 4. The second-order valence-corrected chi connectivity index (χ2v) is 9.28. The molecule has 0 radical (unpaired) electrons. The molecule has 1 N–H and O–H groups in total. The number of nitrogens with zero attached hydrogens (tertiary/aromatic N) is 1. The second-order valence-electron chi connectivity index (χ2n) is 8.17. The van der Waals surface area contributed by atoms with Crippen LogP contribution in [0.5, 0.6) is 17.2 Å². The van der Waals surface area contributed by atoms with Crippen molar-refractivity contribution in [3.05, 3.63) is 48.0 Å². The van der Waals surface area contributed by atoms with Gasteiger partial charge in [0.15, 0.2) is 6.29 Å². The molecule has 2 aliphatic rings. The van der Waals surface area contributed by atoms with Gasteiger partial charge in [-0.25, -0.2) is 14.6 Å². The fourth-order valence-corrected chi connectivity index (χ4v) is 5.20. The molecule has 2 fully saturated rings. The van der Waals surface area contributed by atoms with Crippen LogP contribution in [-0.4, -0.2) is 56.5 Å². The first-order valence-electron chi connectivity index (χ1n) is 11.6. The average Bonchev–Trinajstić information content (AvgIpc) is 2.89. The molecule has 2 heterocycles. The average molecular weight is 489 g/mol. The van der Waals surface area contributed by atoms with Crippen molar-refractivity contribution >= 4 is 17.9 Å². The van der Waals surface area contributed by atoms with Gasteiger partial charge in [0.25, 0.3) is 5.91 Å². The predicted molar refractivity (Wildman–Crippen MR) is 129 cm³/mol. The topological polar surface area (TPSA) is 78.5 Å². The molecule has 2 saturated heterocycles. The van der Waals surface area contributed by atoms with Crippen LogP contribution in [0.2, 0.25) is 0 Å². The van der Waals surface area contributed by atoms with E-state index < -0.39 is 12.2 Å². The number of carbonyl (C=O) groups is 1. The zero-order valence-corrected chi connectivity index (χ0v) is 20.5. The van der Waals surface area contributed by atoms with Crippen molar-refractivity contribution < 1.29 is 28.6 Å². The van der Waals surface area contributed by atoms with Gasteiger partial charge in [-0.05, 0) is 61.9 Å². The van der Waals surface area contributed by atoms with Gasteiger partial charge in [0.1, 0.15) is 28.9 Å². The number of hydroxylamine groups is 1. The van der Waals surface area contributed by atoms with E-state index in [1.807, 2.05) is 36.4 Å². The number of methoxy groups -OCH3 is 2. The summed E-state index contributed by atoms with van der Waals surface area (Å²) in [6.45, 7) is 2.26. The maximum Gasteiger partial charge on any atom is 0.280 e. The third kappa shape index (κ3) is 6.35. The van der Waals surface area contributed by atoms with E-state index in [0.29, 0.717) is 28.6 Å². The highest BCUT2D eigenvalue weighted by molar-refractivity contribution is 7.97.